The smallest absolute Gasteiger partial charge is 0.222 e. The zero-order valence-corrected chi connectivity index (χ0v) is 18.9. The SMILES string of the molecule is CC1C[C@H]2N(C)C(=O)CC[C@]2(C)[C@H]2CC[C@]3(C)C[C@@H](Oc4ccc(F)cc4)C[C@H]3C12. The molecule has 2 unspecified atom stereocenters. The van der Waals surface area contributed by atoms with Crippen LogP contribution in [0.3, 0.4) is 0 Å². The van der Waals surface area contributed by atoms with E-state index in [0.717, 1.165) is 31.4 Å². The quantitative estimate of drug-likeness (QED) is 0.624. The Morgan fingerprint density at radius 3 is 2.57 bits per heavy atom. The lowest BCUT2D eigenvalue weighted by molar-refractivity contribution is -0.164. The van der Waals surface area contributed by atoms with Crippen LogP contribution in [0.15, 0.2) is 24.3 Å². The number of halogens is 1. The van der Waals surface area contributed by atoms with Crippen LogP contribution in [0.2, 0.25) is 0 Å². The van der Waals surface area contributed by atoms with Crippen molar-refractivity contribution >= 4 is 5.91 Å². The van der Waals surface area contributed by atoms with Crippen molar-refractivity contribution in [2.24, 2.45) is 34.5 Å². The average molecular weight is 414 g/mol. The largest absolute Gasteiger partial charge is 0.490 e. The van der Waals surface area contributed by atoms with E-state index in [0.29, 0.717) is 47.5 Å². The van der Waals surface area contributed by atoms with Crippen molar-refractivity contribution in [1.29, 1.82) is 0 Å². The lowest BCUT2D eigenvalue weighted by atomic mass is 9.45. The van der Waals surface area contributed by atoms with E-state index < -0.39 is 0 Å². The molecule has 1 aromatic rings. The molecule has 1 heterocycles. The van der Waals surface area contributed by atoms with Crippen molar-refractivity contribution in [2.45, 2.75) is 77.9 Å². The van der Waals surface area contributed by atoms with E-state index in [1.54, 1.807) is 12.1 Å². The van der Waals surface area contributed by atoms with E-state index in [2.05, 4.69) is 25.7 Å². The maximum atomic E-state index is 13.3. The Morgan fingerprint density at radius 1 is 1.10 bits per heavy atom. The summed E-state index contributed by atoms with van der Waals surface area (Å²) in [6.45, 7) is 7.40. The third-order valence-electron chi connectivity index (χ3n) is 9.78. The van der Waals surface area contributed by atoms with Gasteiger partial charge in [-0.3, -0.25) is 4.79 Å². The third kappa shape index (κ3) is 3.00. The summed E-state index contributed by atoms with van der Waals surface area (Å²) in [6.07, 6.45) is 7.86. The number of rotatable bonds is 2. The number of piperidine rings is 1. The van der Waals surface area contributed by atoms with Gasteiger partial charge in [0.2, 0.25) is 5.91 Å². The highest BCUT2D eigenvalue weighted by Crippen LogP contribution is 2.66. The minimum atomic E-state index is -0.216. The second-order valence-corrected chi connectivity index (χ2v) is 11.4. The third-order valence-corrected chi connectivity index (χ3v) is 9.78. The predicted molar refractivity (Wildman–Crippen MR) is 116 cm³/mol. The van der Waals surface area contributed by atoms with Crippen LogP contribution in [0.1, 0.15) is 65.7 Å². The Morgan fingerprint density at radius 2 is 1.83 bits per heavy atom. The minimum absolute atomic E-state index is 0.216. The molecular weight excluding hydrogens is 377 g/mol. The summed E-state index contributed by atoms with van der Waals surface area (Å²) in [7, 11) is 2.03. The number of fused-ring (bicyclic) bond motifs is 5. The molecule has 0 radical (unpaired) electrons. The Bertz CT molecular complexity index is 825. The van der Waals surface area contributed by atoms with E-state index in [4.69, 9.17) is 4.74 Å². The molecule has 1 saturated heterocycles. The lowest BCUT2D eigenvalue weighted by Crippen LogP contribution is -2.62. The van der Waals surface area contributed by atoms with Crippen LogP contribution >= 0.6 is 0 Å². The van der Waals surface area contributed by atoms with Gasteiger partial charge in [0.15, 0.2) is 0 Å². The number of hydrogen-bond acceptors (Lipinski definition) is 2. The average Bonchev–Trinajstić information content (AvgIpc) is 3.04. The second kappa shape index (κ2) is 6.97. The first-order valence-corrected chi connectivity index (χ1v) is 11.9. The Balaban J connectivity index is 1.39. The van der Waals surface area contributed by atoms with Gasteiger partial charge in [-0.05, 0) is 97.3 Å². The molecule has 4 heteroatoms. The highest BCUT2D eigenvalue weighted by Gasteiger charge is 2.62. The van der Waals surface area contributed by atoms with Crippen LogP contribution in [0.25, 0.3) is 0 Å². The van der Waals surface area contributed by atoms with E-state index >= 15 is 0 Å². The van der Waals surface area contributed by atoms with Crippen molar-refractivity contribution in [1.82, 2.24) is 4.90 Å². The maximum absolute atomic E-state index is 13.3. The fourth-order valence-electron chi connectivity index (χ4n) is 8.25. The molecule has 164 valence electrons. The molecule has 4 aliphatic rings. The molecule has 0 bridgehead atoms. The van der Waals surface area contributed by atoms with E-state index in [1.807, 2.05) is 7.05 Å². The normalized spacial score (nSPS) is 45.5. The molecule has 4 fully saturated rings. The van der Waals surface area contributed by atoms with Gasteiger partial charge in [0.25, 0.3) is 0 Å². The number of carbonyl (C=O) groups excluding carboxylic acids is 1. The van der Waals surface area contributed by atoms with E-state index in [9.17, 15) is 9.18 Å². The molecule has 3 aliphatic carbocycles. The first-order chi connectivity index (χ1) is 14.2. The first kappa shape index (κ1) is 20.3. The fourth-order valence-corrected chi connectivity index (χ4v) is 8.25. The number of benzene rings is 1. The van der Waals surface area contributed by atoms with Crippen molar-refractivity contribution in [3.63, 3.8) is 0 Å². The highest BCUT2D eigenvalue weighted by atomic mass is 19.1. The standard InChI is InChI=1S/C26H36FNO2/c1-16-13-22-26(3,12-10-23(29)28(22)4)20-9-11-25(2)15-19(14-21(25)24(16)20)30-18-7-5-17(27)6-8-18/h5-8,16,19-22,24H,9-15H2,1-4H3/t16?,19-,20-,21-,22+,24?,25+,26+/m0/s1. The van der Waals surface area contributed by atoms with Crippen LogP contribution in [0.5, 0.6) is 5.75 Å². The number of ether oxygens (including phenoxy) is 1. The summed E-state index contributed by atoms with van der Waals surface area (Å²) in [5.41, 5.74) is 0.580. The Kier molecular flexibility index (Phi) is 4.72. The molecule has 1 amide bonds. The fraction of sp³-hybridized carbons (Fsp3) is 0.731. The maximum Gasteiger partial charge on any atom is 0.222 e. The molecule has 8 atom stereocenters. The number of carbonyl (C=O) groups is 1. The zero-order chi connectivity index (χ0) is 21.3. The summed E-state index contributed by atoms with van der Waals surface area (Å²) in [5.74, 6) is 3.63. The molecule has 3 nitrogen and oxygen atoms in total. The number of likely N-dealkylation sites (tertiary alicyclic amines) is 1. The van der Waals surface area contributed by atoms with Gasteiger partial charge >= 0.3 is 0 Å². The summed E-state index contributed by atoms with van der Waals surface area (Å²) >= 11 is 0. The van der Waals surface area contributed by atoms with Gasteiger partial charge in [0.1, 0.15) is 11.6 Å². The molecule has 1 aromatic carbocycles. The van der Waals surface area contributed by atoms with Crippen molar-refractivity contribution < 1.29 is 13.9 Å². The van der Waals surface area contributed by atoms with Gasteiger partial charge in [-0.1, -0.05) is 20.8 Å². The molecule has 0 spiro atoms. The summed E-state index contributed by atoms with van der Waals surface area (Å²) in [5, 5.41) is 0. The van der Waals surface area contributed by atoms with Gasteiger partial charge in [-0.2, -0.15) is 0 Å². The van der Waals surface area contributed by atoms with Crippen LogP contribution < -0.4 is 4.74 Å². The molecule has 0 N–H and O–H groups in total. The zero-order valence-electron chi connectivity index (χ0n) is 18.9. The molecule has 3 saturated carbocycles. The summed E-state index contributed by atoms with van der Waals surface area (Å²) in [6, 6.07) is 6.88. The highest BCUT2D eigenvalue weighted by molar-refractivity contribution is 5.77. The van der Waals surface area contributed by atoms with Crippen molar-refractivity contribution in [3.05, 3.63) is 30.1 Å². The number of amides is 1. The van der Waals surface area contributed by atoms with Gasteiger partial charge in [0.05, 0.1) is 6.10 Å². The van der Waals surface area contributed by atoms with Crippen LogP contribution in [-0.4, -0.2) is 30.0 Å². The minimum Gasteiger partial charge on any atom is -0.490 e. The summed E-state index contributed by atoms with van der Waals surface area (Å²) < 4.78 is 19.6. The molecule has 0 aromatic heterocycles. The van der Waals surface area contributed by atoms with Crippen molar-refractivity contribution in [3.8, 4) is 5.75 Å². The van der Waals surface area contributed by atoms with Crippen LogP contribution in [-0.2, 0) is 4.79 Å². The monoisotopic (exact) mass is 413 g/mol. The molecule has 5 rings (SSSR count). The Hall–Kier alpha value is -1.58. The van der Waals surface area contributed by atoms with Gasteiger partial charge < -0.3 is 9.64 Å². The number of hydrogen-bond donors (Lipinski definition) is 0. The van der Waals surface area contributed by atoms with E-state index in [-0.39, 0.29) is 17.3 Å². The molecular formula is C26H36FNO2. The second-order valence-electron chi connectivity index (χ2n) is 11.4. The Labute approximate surface area is 180 Å². The van der Waals surface area contributed by atoms with Crippen LogP contribution in [0.4, 0.5) is 4.39 Å². The van der Waals surface area contributed by atoms with E-state index in [1.165, 1.54) is 25.0 Å². The topological polar surface area (TPSA) is 29.5 Å². The molecule has 1 aliphatic heterocycles. The van der Waals surface area contributed by atoms with Gasteiger partial charge in [0, 0.05) is 19.5 Å². The first-order valence-electron chi connectivity index (χ1n) is 11.9. The van der Waals surface area contributed by atoms with Crippen molar-refractivity contribution in [2.75, 3.05) is 7.05 Å². The predicted octanol–water partition coefficient (Wildman–Crippen LogP) is 5.68. The van der Waals surface area contributed by atoms with Crippen LogP contribution in [0, 0.1) is 40.3 Å². The lowest BCUT2D eigenvalue weighted by Gasteiger charge is -2.63. The van der Waals surface area contributed by atoms with Gasteiger partial charge in [-0.15, -0.1) is 0 Å². The molecule has 30 heavy (non-hydrogen) atoms. The number of nitrogens with zero attached hydrogens (tertiary/aromatic N) is 1. The van der Waals surface area contributed by atoms with Gasteiger partial charge in [-0.25, -0.2) is 4.39 Å². The summed E-state index contributed by atoms with van der Waals surface area (Å²) in [4.78, 5) is 14.5.